The molecule has 2 rings (SSSR count). The Kier molecular flexibility index (Phi) is 5.13. The molecule has 2 atom stereocenters. The summed E-state index contributed by atoms with van der Waals surface area (Å²) in [6.07, 6.45) is 1.96. The molecule has 1 aliphatic rings. The average Bonchev–Trinajstić information content (AvgIpc) is 2.95. The molecule has 18 heavy (non-hydrogen) atoms. The summed E-state index contributed by atoms with van der Waals surface area (Å²) in [6, 6.07) is 0.191. The fourth-order valence-corrected chi connectivity index (χ4v) is 2.30. The molecule has 0 aliphatic carbocycles. The van der Waals surface area contributed by atoms with Crippen LogP contribution in [-0.2, 0) is 6.42 Å². The molecule has 2 heterocycles. The number of aryl methyl sites for hydroxylation is 1. The Morgan fingerprint density at radius 2 is 2.28 bits per heavy atom. The summed E-state index contributed by atoms with van der Waals surface area (Å²) in [7, 11) is 0. The van der Waals surface area contributed by atoms with Gasteiger partial charge in [-0.1, -0.05) is 19.0 Å². The molecule has 0 radical (unpaired) electrons. The molecule has 1 aliphatic heterocycles. The van der Waals surface area contributed by atoms with Crippen molar-refractivity contribution < 1.29 is 4.52 Å². The van der Waals surface area contributed by atoms with E-state index in [0.717, 1.165) is 44.2 Å². The van der Waals surface area contributed by atoms with E-state index in [0.29, 0.717) is 0 Å². The van der Waals surface area contributed by atoms with Crippen LogP contribution in [0.15, 0.2) is 4.52 Å². The quantitative estimate of drug-likeness (QED) is 0.907. The molecule has 2 unspecified atom stereocenters. The Labute approximate surface area is 115 Å². The van der Waals surface area contributed by atoms with E-state index in [4.69, 9.17) is 10.3 Å². The maximum atomic E-state index is 5.82. The zero-order valence-corrected chi connectivity index (χ0v) is 12.2. The maximum absolute atomic E-state index is 5.82. The monoisotopic (exact) mass is 274 g/mol. The van der Waals surface area contributed by atoms with Crippen LogP contribution in [0.3, 0.4) is 0 Å². The fraction of sp³-hybridized carbons (Fsp3) is 0.833. The minimum absolute atomic E-state index is 0. The van der Waals surface area contributed by atoms with Crippen LogP contribution in [0.5, 0.6) is 0 Å². The summed E-state index contributed by atoms with van der Waals surface area (Å²) in [5.74, 6) is 1.51. The Bertz CT molecular complexity index is 384. The number of hydrogen-bond donors (Lipinski definition) is 1. The van der Waals surface area contributed by atoms with E-state index >= 15 is 0 Å². The van der Waals surface area contributed by atoms with Gasteiger partial charge in [-0.15, -0.1) is 12.4 Å². The van der Waals surface area contributed by atoms with Crippen LogP contribution in [-0.4, -0.2) is 34.7 Å². The van der Waals surface area contributed by atoms with Gasteiger partial charge in [-0.3, -0.25) is 4.90 Å². The first-order valence-electron chi connectivity index (χ1n) is 6.34. The van der Waals surface area contributed by atoms with E-state index in [1.165, 1.54) is 0 Å². The molecule has 5 nitrogen and oxygen atoms in total. The molecule has 0 amide bonds. The SMILES string of the molecule is CCc1noc(C(C)N2CCC(C)(CN)C2)n1.Cl. The first-order chi connectivity index (χ1) is 8.08. The molecule has 0 bridgehead atoms. The van der Waals surface area contributed by atoms with Crippen molar-refractivity contribution in [1.29, 1.82) is 0 Å². The topological polar surface area (TPSA) is 68.2 Å². The van der Waals surface area contributed by atoms with Crippen LogP contribution < -0.4 is 5.73 Å². The number of likely N-dealkylation sites (tertiary alicyclic amines) is 1. The lowest BCUT2D eigenvalue weighted by atomic mass is 9.90. The highest BCUT2D eigenvalue weighted by atomic mass is 35.5. The molecular formula is C12H23ClN4O. The van der Waals surface area contributed by atoms with Crippen molar-refractivity contribution in [2.24, 2.45) is 11.1 Å². The predicted octanol–water partition coefficient (Wildman–Crippen LogP) is 1.79. The summed E-state index contributed by atoms with van der Waals surface area (Å²) in [4.78, 5) is 6.77. The van der Waals surface area contributed by atoms with Crippen LogP contribution in [0.4, 0.5) is 0 Å². The van der Waals surface area contributed by atoms with Crippen LogP contribution in [0.1, 0.15) is 44.9 Å². The van der Waals surface area contributed by atoms with Crippen molar-refractivity contribution in [3.8, 4) is 0 Å². The van der Waals surface area contributed by atoms with Gasteiger partial charge in [0.2, 0.25) is 5.89 Å². The number of nitrogens with two attached hydrogens (primary N) is 1. The number of aromatic nitrogens is 2. The van der Waals surface area contributed by atoms with Gasteiger partial charge in [0.05, 0.1) is 6.04 Å². The molecule has 1 aromatic rings. The van der Waals surface area contributed by atoms with Gasteiger partial charge in [0, 0.05) is 13.0 Å². The van der Waals surface area contributed by atoms with Crippen LogP contribution in [0.25, 0.3) is 0 Å². The van der Waals surface area contributed by atoms with Crippen molar-refractivity contribution in [3.63, 3.8) is 0 Å². The van der Waals surface area contributed by atoms with Crippen LogP contribution in [0, 0.1) is 5.41 Å². The van der Waals surface area contributed by atoms with Gasteiger partial charge in [-0.25, -0.2) is 0 Å². The van der Waals surface area contributed by atoms with Gasteiger partial charge in [0.1, 0.15) is 0 Å². The predicted molar refractivity (Wildman–Crippen MR) is 72.7 cm³/mol. The van der Waals surface area contributed by atoms with E-state index in [-0.39, 0.29) is 23.9 Å². The van der Waals surface area contributed by atoms with E-state index in [1.807, 2.05) is 6.92 Å². The average molecular weight is 275 g/mol. The second-order valence-corrected chi connectivity index (χ2v) is 5.31. The highest BCUT2D eigenvalue weighted by Gasteiger charge is 2.36. The molecule has 2 N–H and O–H groups in total. The molecule has 1 aromatic heterocycles. The van der Waals surface area contributed by atoms with Gasteiger partial charge >= 0.3 is 0 Å². The highest BCUT2D eigenvalue weighted by Crippen LogP contribution is 2.33. The first-order valence-corrected chi connectivity index (χ1v) is 6.34. The minimum atomic E-state index is 0. The van der Waals surface area contributed by atoms with Crippen molar-refractivity contribution in [3.05, 3.63) is 11.7 Å². The Morgan fingerprint density at radius 3 is 2.78 bits per heavy atom. The molecule has 0 saturated carbocycles. The number of nitrogens with zero attached hydrogens (tertiary/aromatic N) is 3. The van der Waals surface area contributed by atoms with Crippen LogP contribution >= 0.6 is 12.4 Å². The van der Waals surface area contributed by atoms with Gasteiger partial charge in [-0.05, 0) is 31.8 Å². The number of halogens is 1. The summed E-state index contributed by atoms with van der Waals surface area (Å²) in [5.41, 5.74) is 6.05. The normalized spacial score (nSPS) is 26.0. The molecule has 104 valence electrons. The number of hydrogen-bond acceptors (Lipinski definition) is 5. The Morgan fingerprint density at radius 1 is 1.56 bits per heavy atom. The third-order valence-electron chi connectivity index (χ3n) is 3.79. The lowest BCUT2D eigenvalue weighted by Crippen LogP contribution is -2.32. The third-order valence-corrected chi connectivity index (χ3v) is 3.79. The van der Waals surface area contributed by atoms with Crippen molar-refractivity contribution in [1.82, 2.24) is 15.0 Å². The van der Waals surface area contributed by atoms with Crippen molar-refractivity contribution >= 4 is 12.4 Å². The Balaban J connectivity index is 0.00000162. The highest BCUT2D eigenvalue weighted by molar-refractivity contribution is 5.85. The van der Waals surface area contributed by atoms with Crippen molar-refractivity contribution in [2.75, 3.05) is 19.6 Å². The molecular weight excluding hydrogens is 252 g/mol. The summed E-state index contributed by atoms with van der Waals surface area (Å²) < 4.78 is 5.30. The molecule has 1 saturated heterocycles. The zero-order chi connectivity index (χ0) is 12.5. The molecule has 6 heteroatoms. The standard InChI is InChI=1S/C12H22N4O.ClH/c1-4-10-14-11(17-15-10)9(2)16-6-5-12(3,7-13)8-16;/h9H,4-8,13H2,1-3H3;1H. The van der Waals surface area contributed by atoms with E-state index in [9.17, 15) is 0 Å². The Hall–Kier alpha value is -0.650. The third kappa shape index (κ3) is 3.02. The second-order valence-electron chi connectivity index (χ2n) is 5.31. The first kappa shape index (κ1) is 15.4. The molecule has 1 fully saturated rings. The lowest BCUT2D eigenvalue weighted by molar-refractivity contribution is 0.188. The summed E-state index contributed by atoms with van der Waals surface area (Å²) in [5, 5.41) is 3.95. The van der Waals surface area contributed by atoms with E-state index in [1.54, 1.807) is 0 Å². The summed E-state index contributed by atoms with van der Waals surface area (Å²) in [6.45, 7) is 9.19. The van der Waals surface area contributed by atoms with Crippen molar-refractivity contribution in [2.45, 2.75) is 39.7 Å². The van der Waals surface area contributed by atoms with Crippen LogP contribution in [0.2, 0.25) is 0 Å². The van der Waals surface area contributed by atoms with E-state index < -0.39 is 0 Å². The maximum Gasteiger partial charge on any atom is 0.243 e. The van der Waals surface area contributed by atoms with Gasteiger partial charge in [0.15, 0.2) is 5.82 Å². The number of rotatable bonds is 4. The molecule has 0 spiro atoms. The minimum Gasteiger partial charge on any atom is -0.338 e. The largest absolute Gasteiger partial charge is 0.338 e. The molecule has 0 aromatic carbocycles. The smallest absolute Gasteiger partial charge is 0.243 e. The zero-order valence-electron chi connectivity index (χ0n) is 11.3. The fourth-order valence-electron chi connectivity index (χ4n) is 2.30. The second kappa shape index (κ2) is 5.99. The van der Waals surface area contributed by atoms with Gasteiger partial charge in [-0.2, -0.15) is 4.98 Å². The van der Waals surface area contributed by atoms with Gasteiger partial charge in [0.25, 0.3) is 0 Å². The van der Waals surface area contributed by atoms with Gasteiger partial charge < -0.3 is 10.3 Å². The van der Waals surface area contributed by atoms with E-state index in [2.05, 4.69) is 28.9 Å². The summed E-state index contributed by atoms with van der Waals surface area (Å²) >= 11 is 0. The lowest BCUT2D eigenvalue weighted by Gasteiger charge is -2.25.